The maximum Gasteiger partial charge on any atom is 0.221 e. The summed E-state index contributed by atoms with van der Waals surface area (Å²) >= 11 is 1.65. The van der Waals surface area contributed by atoms with Crippen LogP contribution < -0.4 is 5.32 Å². The number of carbonyl (C=O) groups excluding carboxylic acids is 1. The maximum absolute atomic E-state index is 11.5. The Balaban J connectivity index is 2.58. The lowest BCUT2D eigenvalue weighted by Crippen LogP contribution is -2.23. The van der Waals surface area contributed by atoms with Crippen LogP contribution in [0.25, 0.3) is 0 Å². The Bertz CT molecular complexity index is 449. The van der Waals surface area contributed by atoms with Crippen molar-refractivity contribution < 1.29 is 9.90 Å². The predicted octanol–water partition coefficient (Wildman–Crippen LogP) is 1.40. The molecule has 1 aromatic rings. The Labute approximate surface area is 112 Å². The average molecular weight is 263 g/mol. The summed E-state index contributed by atoms with van der Waals surface area (Å²) in [5.74, 6) is 6.37. The second kappa shape index (κ2) is 8.62. The molecule has 0 unspecified atom stereocenters. The summed E-state index contributed by atoms with van der Waals surface area (Å²) in [5, 5.41) is 11.6. The second-order valence-electron chi connectivity index (χ2n) is 3.64. The minimum absolute atomic E-state index is 0.0503. The molecule has 0 saturated carbocycles. The van der Waals surface area contributed by atoms with Crippen LogP contribution in [0.1, 0.15) is 17.5 Å². The van der Waals surface area contributed by atoms with Crippen LogP contribution in [-0.2, 0) is 11.3 Å². The lowest BCUT2D eigenvalue weighted by molar-refractivity contribution is -0.120. The SMILES string of the molecule is CSCCC(=O)NCc1ccccc1C#CCO. The fourth-order valence-corrected chi connectivity index (χ4v) is 1.80. The quantitative estimate of drug-likeness (QED) is 0.790. The summed E-state index contributed by atoms with van der Waals surface area (Å²) in [5.41, 5.74) is 1.81. The van der Waals surface area contributed by atoms with E-state index in [0.717, 1.165) is 16.9 Å². The fourth-order valence-electron chi connectivity index (χ4n) is 1.41. The molecule has 18 heavy (non-hydrogen) atoms. The first-order chi connectivity index (χ1) is 8.77. The Hall–Kier alpha value is -1.44. The van der Waals surface area contributed by atoms with Gasteiger partial charge in [0.1, 0.15) is 6.61 Å². The number of benzene rings is 1. The Morgan fingerprint density at radius 2 is 2.22 bits per heavy atom. The molecule has 1 amide bonds. The van der Waals surface area contributed by atoms with Crippen LogP contribution in [0.3, 0.4) is 0 Å². The van der Waals surface area contributed by atoms with Crippen molar-refractivity contribution in [1.29, 1.82) is 0 Å². The van der Waals surface area contributed by atoms with Crippen LogP contribution in [0.4, 0.5) is 0 Å². The molecule has 0 bridgehead atoms. The van der Waals surface area contributed by atoms with Gasteiger partial charge in [-0.2, -0.15) is 11.8 Å². The summed E-state index contributed by atoms with van der Waals surface area (Å²) in [7, 11) is 0. The first kappa shape index (κ1) is 14.6. The molecule has 0 heterocycles. The van der Waals surface area contributed by atoms with Gasteiger partial charge >= 0.3 is 0 Å². The van der Waals surface area contributed by atoms with E-state index in [2.05, 4.69) is 17.2 Å². The molecule has 4 heteroatoms. The molecule has 1 rings (SSSR count). The predicted molar refractivity (Wildman–Crippen MR) is 75.3 cm³/mol. The van der Waals surface area contributed by atoms with E-state index in [1.54, 1.807) is 11.8 Å². The molecule has 2 N–H and O–H groups in total. The van der Waals surface area contributed by atoms with Crippen molar-refractivity contribution in [3.63, 3.8) is 0 Å². The van der Waals surface area contributed by atoms with E-state index in [9.17, 15) is 4.79 Å². The molecule has 0 atom stereocenters. The van der Waals surface area contributed by atoms with Gasteiger partial charge in [-0.1, -0.05) is 30.0 Å². The van der Waals surface area contributed by atoms with Gasteiger partial charge in [0.2, 0.25) is 5.91 Å². The second-order valence-corrected chi connectivity index (χ2v) is 4.62. The monoisotopic (exact) mass is 263 g/mol. The molecule has 0 fully saturated rings. The van der Waals surface area contributed by atoms with E-state index in [1.807, 2.05) is 30.5 Å². The van der Waals surface area contributed by atoms with Gasteiger partial charge in [-0.05, 0) is 17.9 Å². The van der Waals surface area contributed by atoms with Crippen molar-refractivity contribution in [2.24, 2.45) is 0 Å². The number of thioether (sulfide) groups is 1. The van der Waals surface area contributed by atoms with Crippen molar-refractivity contribution in [2.75, 3.05) is 18.6 Å². The zero-order chi connectivity index (χ0) is 13.2. The van der Waals surface area contributed by atoms with Crippen LogP contribution in [0.5, 0.6) is 0 Å². The van der Waals surface area contributed by atoms with Gasteiger partial charge in [0.15, 0.2) is 0 Å². The summed E-state index contributed by atoms with van der Waals surface area (Å²) in [6.45, 7) is 0.317. The van der Waals surface area contributed by atoms with Gasteiger partial charge in [-0.15, -0.1) is 0 Å². The van der Waals surface area contributed by atoms with Crippen molar-refractivity contribution in [3.8, 4) is 11.8 Å². The number of amides is 1. The smallest absolute Gasteiger partial charge is 0.221 e. The van der Waals surface area contributed by atoms with Gasteiger partial charge < -0.3 is 10.4 Å². The Kier molecular flexibility index (Phi) is 7.00. The Morgan fingerprint density at radius 3 is 2.94 bits per heavy atom. The molecule has 0 aliphatic rings. The molecule has 0 saturated heterocycles. The molecule has 96 valence electrons. The van der Waals surface area contributed by atoms with Gasteiger partial charge in [0.25, 0.3) is 0 Å². The van der Waals surface area contributed by atoms with Crippen LogP contribution in [0.15, 0.2) is 24.3 Å². The van der Waals surface area contributed by atoms with Crippen molar-refractivity contribution >= 4 is 17.7 Å². The van der Waals surface area contributed by atoms with Gasteiger partial charge in [0.05, 0.1) is 0 Å². The zero-order valence-electron chi connectivity index (χ0n) is 10.4. The number of aliphatic hydroxyl groups is 1. The summed E-state index contributed by atoms with van der Waals surface area (Å²) in [6.07, 6.45) is 2.51. The molecule has 1 aromatic carbocycles. The molecule has 0 radical (unpaired) electrons. The van der Waals surface area contributed by atoms with Gasteiger partial charge in [-0.3, -0.25) is 4.79 Å². The third-order valence-corrected chi connectivity index (χ3v) is 2.94. The van der Waals surface area contributed by atoms with Crippen molar-refractivity contribution in [2.45, 2.75) is 13.0 Å². The van der Waals surface area contributed by atoms with Crippen LogP contribution in [0, 0.1) is 11.8 Å². The van der Waals surface area contributed by atoms with Crippen LogP contribution in [-0.4, -0.2) is 29.6 Å². The average Bonchev–Trinajstić information content (AvgIpc) is 2.41. The first-order valence-electron chi connectivity index (χ1n) is 5.71. The number of hydrogen-bond donors (Lipinski definition) is 2. The number of carbonyl (C=O) groups is 1. The summed E-state index contributed by atoms with van der Waals surface area (Å²) < 4.78 is 0. The summed E-state index contributed by atoms with van der Waals surface area (Å²) in [4.78, 5) is 11.5. The molecular weight excluding hydrogens is 246 g/mol. The minimum atomic E-state index is -0.158. The van der Waals surface area contributed by atoms with E-state index in [-0.39, 0.29) is 12.5 Å². The standard InChI is InChI=1S/C14H17NO2S/c1-18-10-8-14(17)15-11-13-6-3-2-5-12(13)7-4-9-16/h2-3,5-6,16H,8-11H2,1H3,(H,15,17). The fraction of sp³-hybridized carbons (Fsp3) is 0.357. The van der Waals surface area contributed by atoms with E-state index in [4.69, 9.17) is 5.11 Å². The molecular formula is C14H17NO2S. The van der Waals surface area contributed by atoms with Crippen LogP contribution >= 0.6 is 11.8 Å². The third kappa shape index (κ3) is 5.26. The highest BCUT2D eigenvalue weighted by atomic mass is 32.2. The third-order valence-electron chi connectivity index (χ3n) is 2.33. The van der Waals surface area contributed by atoms with Gasteiger partial charge in [-0.25, -0.2) is 0 Å². The minimum Gasteiger partial charge on any atom is -0.384 e. The Morgan fingerprint density at radius 1 is 1.44 bits per heavy atom. The first-order valence-corrected chi connectivity index (χ1v) is 7.10. The zero-order valence-corrected chi connectivity index (χ0v) is 11.2. The van der Waals surface area contributed by atoms with Crippen molar-refractivity contribution in [1.82, 2.24) is 5.32 Å². The number of hydrogen-bond acceptors (Lipinski definition) is 3. The number of nitrogens with one attached hydrogen (secondary N) is 1. The topological polar surface area (TPSA) is 49.3 Å². The van der Waals surface area contributed by atoms with E-state index < -0.39 is 0 Å². The lowest BCUT2D eigenvalue weighted by atomic mass is 10.1. The molecule has 3 nitrogen and oxygen atoms in total. The molecule has 0 aliphatic carbocycles. The van der Waals surface area contributed by atoms with Crippen LogP contribution in [0.2, 0.25) is 0 Å². The largest absolute Gasteiger partial charge is 0.384 e. The highest BCUT2D eigenvalue weighted by Gasteiger charge is 2.03. The molecule has 0 aromatic heterocycles. The van der Waals surface area contributed by atoms with E-state index in [1.165, 1.54) is 0 Å². The molecule has 0 aliphatic heterocycles. The number of rotatable bonds is 5. The highest BCUT2D eigenvalue weighted by molar-refractivity contribution is 7.98. The highest BCUT2D eigenvalue weighted by Crippen LogP contribution is 2.07. The van der Waals surface area contributed by atoms with Gasteiger partial charge in [0, 0.05) is 24.3 Å². The lowest BCUT2D eigenvalue weighted by Gasteiger charge is -2.06. The summed E-state index contributed by atoms with van der Waals surface area (Å²) in [6, 6.07) is 7.61. The normalized spacial score (nSPS) is 9.44. The maximum atomic E-state index is 11.5. The molecule has 0 spiro atoms. The van der Waals surface area contributed by atoms with E-state index >= 15 is 0 Å². The van der Waals surface area contributed by atoms with Crippen molar-refractivity contribution in [3.05, 3.63) is 35.4 Å². The number of aliphatic hydroxyl groups excluding tert-OH is 1. The van der Waals surface area contributed by atoms with E-state index in [0.29, 0.717) is 13.0 Å².